The summed E-state index contributed by atoms with van der Waals surface area (Å²) in [6.07, 6.45) is 1.78. The number of carbonyl (C=O) groups is 3. The van der Waals surface area contributed by atoms with Crippen molar-refractivity contribution >= 4 is 17.8 Å². The Labute approximate surface area is 163 Å². The number of benzene rings is 1. The van der Waals surface area contributed by atoms with Gasteiger partial charge in [0.1, 0.15) is 0 Å². The molecule has 1 aliphatic heterocycles. The Hall–Kier alpha value is -3.22. The lowest BCUT2D eigenvalue weighted by atomic mass is 9.93. The van der Waals surface area contributed by atoms with Gasteiger partial charge in [-0.3, -0.25) is 19.4 Å². The van der Waals surface area contributed by atoms with Gasteiger partial charge in [0, 0.05) is 19.2 Å². The second-order valence-corrected chi connectivity index (χ2v) is 7.02. The molecule has 1 fully saturated rings. The Morgan fingerprint density at radius 2 is 1.93 bits per heavy atom. The normalized spacial score (nSPS) is 18.5. The molecule has 2 aromatic rings. The number of carbonyl (C=O) groups excluding carboxylic acids is 2. The van der Waals surface area contributed by atoms with Gasteiger partial charge in [-0.05, 0) is 24.6 Å². The molecule has 0 saturated carbocycles. The monoisotopic (exact) mass is 381 g/mol. The first-order valence-electron chi connectivity index (χ1n) is 9.21. The quantitative estimate of drug-likeness (QED) is 0.764. The molecule has 3 rings (SSSR count). The van der Waals surface area contributed by atoms with E-state index in [1.807, 2.05) is 18.2 Å². The van der Waals surface area contributed by atoms with Gasteiger partial charge in [0.2, 0.25) is 11.8 Å². The van der Waals surface area contributed by atoms with Crippen molar-refractivity contribution < 1.29 is 19.5 Å². The van der Waals surface area contributed by atoms with Gasteiger partial charge in [0.05, 0.1) is 30.1 Å². The van der Waals surface area contributed by atoms with Crippen LogP contribution in [-0.2, 0) is 20.9 Å². The van der Waals surface area contributed by atoms with Gasteiger partial charge in [-0.2, -0.15) is 0 Å². The summed E-state index contributed by atoms with van der Waals surface area (Å²) in [7, 11) is 0. The molecule has 2 N–H and O–H groups in total. The van der Waals surface area contributed by atoms with Gasteiger partial charge in [-0.25, -0.2) is 0 Å². The molecule has 0 unspecified atom stereocenters. The van der Waals surface area contributed by atoms with Crippen LogP contribution in [0, 0.1) is 11.8 Å². The van der Waals surface area contributed by atoms with Crippen molar-refractivity contribution in [1.82, 2.24) is 15.2 Å². The van der Waals surface area contributed by atoms with E-state index in [1.54, 1.807) is 48.4 Å². The highest BCUT2D eigenvalue weighted by Gasteiger charge is 2.36. The van der Waals surface area contributed by atoms with Crippen LogP contribution in [0.1, 0.15) is 30.6 Å². The summed E-state index contributed by atoms with van der Waals surface area (Å²) < 4.78 is 0. The van der Waals surface area contributed by atoms with Crippen molar-refractivity contribution in [3.63, 3.8) is 0 Å². The first kappa shape index (κ1) is 19.5. The van der Waals surface area contributed by atoms with Gasteiger partial charge >= 0.3 is 5.97 Å². The molecule has 1 saturated heterocycles. The maximum Gasteiger partial charge on any atom is 0.308 e. The number of aromatic nitrogens is 1. The molecule has 7 nitrogen and oxygen atoms in total. The molecule has 7 heteroatoms. The summed E-state index contributed by atoms with van der Waals surface area (Å²) >= 11 is 0. The Kier molecular flexibility index (Phi) is 6.03. The number of nitrogens with one attached hydrogen (secondary N) is 1. The third-order valence-electron chi connectivity index (χ3n) is 5.01. The molecule has 0 aliphatic carbocycles. The molecule has 0 bridgehead atoms. The lowest BCUT2D eigenvalue weighted by Crippen LogP contribution is -2.39. The van der Waals surface area contributed by atoms with E-state index in [0.717, 1.165) is 11.3 Å². The number of pyridine rings is 1. The van der Waals surface area contributed by atoms with Crippen molar-refractivity contribution in [2.24, 2.45) is 11.8 Å². The van der Waals surface area contributed by atoms with Crippen LogP contribution in [0.25, 0.3) is 0 Å². The topological polar surface area (TPSA) is 99.6 Å². The molecule has 3 atom stereocenters. The van der Waals surface area contributed by atoms with Crippen molar-refractivity contribution in [3.8, 4) is 0 Å². The van der Waals surface area contributed by atoms with E-state index >= 15 is 0 Å². The number of hydrogen-bond donors (Lipinski definition) is 2. The van der Waals surface area contributed by atoms with Crippen molar-refractivity contribution in [2.75, 3.05) is 6.54 Å². The van der Waals surface area contributed by atoms with Gasteiger partial charge in [0.15, 0.2) is 0 Å². The van der Waals surface area contributed by atoms with E-state index in [2.05, 4.69) is 10.3 Å². The van der Waals surface area contributed by atoms with Crippen molar-refractivity contribution in [3.05, 3.63) is 66.0 Å². The zero-order valence-corrected chi connectivity index (χ0v) is 15.6. The fraction of sp³-hybridized carbons (Fsp3) is 0.333. The van der Waals surface area contributed by atoms with E-state index in [1.165, 1.54) is 0 Å². The molecule has 2 amide bonds. The van der Waals surface area contributed by atoms with Crippen molar-refractivity contribution in [1.29, 1.82) is 0 Å². The number of nitrogens with zero attached hydrogens (tertiary/aromatic N) is 2. The SMILES string of the molecule is C[C@H](C(=O)O)[C@H](NC(=O)[C@H]1CC(=O)N(Cc2ccccn2)C1)c1ccccc1. The fourth-order valence-corrected chi connectivity index (χ4v) is 3.36. The van der Waals surface area contributed by atoms with Crippen LogP contribution in [0.5, 0.6) is 0 Å². The average Bonchev–Trinajstić information content (AvgIpc) is 3.07. The summed E-state index contributed by atoms with van der Waals surface area (Å²) in [5, 5.41) is 12.3. The zero-order chi connectivity index (χ0) is 20.1. The maximum absolute atomic E-state index is 12.8. The van der Waals surface area contributed by atoms with Gasteiger partial charge in [0.25, 0.3) is 0 Å². The summed E-state index contributed by atoms with van der Waals surface area (Å²) in [5.41, 5.74) is 1.49. The molecule has 28 heavy (non-hydrogen) atoms. The first-order valence-corrected chi connectivity index (χ1v) is 9.21. The number of carboxylic acids is 1. The van der Waals surface area contributed by atoms with Crippen LogP contribution in [0.3, 0.4) is 0 Å². The molecule has 2 heterocycles. The molecule has 1 aliphatic rings. The lowest BCUT2D eigenvalue weighted by Gasteiger charge is -2.24. The Morgan fingerprint density at radius 3 is 2.57 bits per heavy atom. The predicted molar refractivity (Wildman–Crippen MR) is 102 cm³/mol. The Morgan fingerprint density at radius 1 is 1.21 bits per heavy atom. The number of aliphatic carboxylic acids is 1. The number of amides is 2. The van der Waals surface area contributed by atoms with E-state index in [9.17, 15) is 19.5 Å². The van der Waals surface area contributed by atoms with Crippen LogP contribution < -0.4 is 5.32 Å². The largest absolute Gasteiger partial charge is 0.481 e. The van der Waals surface area contributed by atoms with Gasteiger partial charge < -0.3 is 15.3 Å². The average molecular weight is 381 g/mol. The number of hydrogen-bond acceptors (Lipinski definition) is 4. The molecule has 1 aromatic carbocycles. The third-order valence-corrected chi connectivity index (χ3v) is 5.01. The van der Waals surface area contributed by atoms with Crippen LogP contribution in [0.4, 0.5) is 0 Å². The maximum atomic E-state index is 12.8. The predicted octanol–water partition coefficient (Wildman–Crippen LogP) is 2.01. The van der Waals surface area contributed by atoms with Crippen LogP contribution in [-0.4, -0.2) is 39.3 Å². The van der Waals surface area contributed by atoms with Crippen molar-refractivity contribution in [2.45, 2.75) is 25.9 Å². The number of carboxylic acid groups (broad SMARTS) is 1. The summed E-state index contributed by atoms with van der Waals surface area (Å²) in [6, 6.07) is 13.8. The highest BCUT2D eigenvalue weighted by Crippen LogP contribution is 2.25. The van der Waals surface area contributed by atoms with Crippen LogP contribution in [0.15, 0.2) is 54.7 Å². The highest BCUT2D eigenvalue weighted by molar-refractivity contribution is 5.89. The summed E-state index contributed by atoms with van der Waals surface area (Å²) in [5.74, 6) is -2.71. The summed E-state index contributed by atoms with van der Waals surface area (Å²) in [6.45, 7) is 2.22. The number of rotatable bonds is 7. The zero-order valence-electron chi connectivity index (χ0n) is 15.6. The third kappa shape index (κ3) is 4.54. The minimum absolute atomic E-state index is 0.103. The molecular formula is C21H23N3O4. The minimum Gasteiger partial charge on any atom is -0.481 e. The highest BCUT2D eigenvalue weighted by atomic mass is 16.4. The second-order valence-electron chi connectivity index (χ2n) is 7.02. The minimum atomic E-state index is -0.992. The van der Waals surface area contributed by atoms with Crippen LogP contribution in [0.2, 0.25) is 0 Å². The fourth-order valence-electron chi connectivity index (χ4n) is 3.36. The van der Waals surface area contributed by atoms with Crippen LogP contribution >= 0.6 is 0 Å². The van der Waals surface area contributed by atoms with Gasteiger partial charge in [-0.15, -0.1) is 0 Å². The van der Waals surface area contributed by atoms with E-state index < -0.39 is 23.8 Å². The second kappa shape index (κ2) is 8.65. The van der Waals surface area contributed by atoms with Gasteiger partial charge in [-0.1, -0.05) is 36.4 Å². The molecule has 0 spiro atoms. The molecular weight excluding hydrogens is 358 g/mol. The number of likely N-dealkylation sites (tertiary alicyclic amines) is 1. The molecule has 0 radical (unpaired) electrons. The van der Waals surface area contributed by atoms with E-state index in [4.69, 9.17) is 0 Å². The molecule has 146 valence electrons. The Bertz CT molecular complexity index is 841. The summed E-state index contributed by atoms with van der Waals surface area (Å²) in [4.78, 5) is 42.5. The lowest BCUT2D eigenvalue weighted by molar-refractivity contribution is -0.142. The smallest absolute Gasteiger partial charge is 0.308 e. The first-order chi connectivity index (χ1) is 13.5. The Balaban J connectivity index is 1.68. The van der Waals surface area contributed by atoms with E-state index in [0.29, 0.717) is 13.1 Å². The van der Waals surface area contributed by atoms with E-state index in [-0.39, 0.29) is 18.2 Å². The molecule has 1 aromatic heterocycles. The standard InChI is InChI=1S/C21H23N3O4/c1-14(21(27)28)19(15-7-3-2-4-8-15)23-20(26)16-11-18(25)24(12-16)13-17-9-5-6-10-22-17/h2-10,14,16,19H,11-13H2,1H3,(H,23,26)(H,27,28)/t14-,16-,19-/m0/s1.